The summed E-state index contributed by atoms with van der Waals surface area (Å²) in [5, 5.41) is 0. The highest BCUT2D eigenvalue weighted by Gasteiger charge is 2.42. The molecule has 6 heteroatoms. The van der Waals surface area contributed by atoms with Crippen LogP contribution in [0.3, 0.4) is 0 Å². The molecule has 0 aromatic carbocycles. The maximum atomic E-state index is 11.5. The van der Waals surface area contributed by atoms with Crippen LogP contribution in [0.5, 0.6) is 0 Å². The van der Waals surface area contributed by atoms with Crippen LogP contribution < -0.4 is 4.72 Å². The average molecular weight is 275 g/mol. The summed E-state index contributed by atoms with van der Waals surface area (Å²) in [5.41, 5.74) is 0. The highest BCUT2D eigenvalue weighted by molar-refractivity contribution is 7.89. The minimum atomic E-state index is -3.27. The lowest BCUT2D eigenvalue weighted by Gasteiger charge is -2.31. The van der Waals surface area contributed by atoms with Gasteiger partial charge in [-0.05, 0) is 12.8 Å². The van der Waals surface area contributed by atoms with E-state index in [-0.39, 0.29) is 18.4 Å². The monoisotopic (exact) mass is 275 g/mol. The Kier molecular flexibility index (Phi) is 4.42. The molecule has 18 heavy (non-hydrogen) atoms. The summed E-state index contributed by atoms with van der Waals surface area (Å²) < 4.78 is 37.1. The van der Waals surface area contributed by atoms with Crippen molar-refractivity contribution in [1.82, 2.24) is 4.72 Å². The normalized spacial score (nSPS) is 27.4. The van der Waals surface area contributed by atoms with Crippen LogP contribution in [0.15, 0.2) is 12.7 Å². The Bertz CT molecular complexity index is 387. The molecule has 0 aromatic rings. The molecule has 5 nitrogen and oxygen atoms in total. The topological polar surface area (TPSA) is 64.6 Å². The van der Waals surface area contributed by atoms with Crippen molar-refractivity contribution in [1.29, 1.82) is 0 Å². The van der Waals surface area contributed by atoms with E-state index in [1.165, 1.54) is 12.5 Å². The van der Waals surface area contributed by atoms with Gasteiger partial charge in [0.25, 0.3) is 0 Å². The zero-order valence-electron chi connectivity index (χ0n) is 10.6. The van der Waals surface area contributed by atoms with Crippen molar-refractivity contribution in [3.63, 3.8) is 0 Å². The SMILES string of the molecule is C=CCS(=O)(=O)NC[C@@H]1COC2(CCCCC2)O1. The van der Waals surface area contributed by atoms with Gasteiger partial charge >= 0.3 is 0 Å². The molecule has 1 saturated carbocycles. The number of rotatable bonds is 5. The van der Waals surface area contributed by atoms with Crippen LogP contribution >= 0.6 is 0 Å². The first-order valence-corrected chi connectivity index (χ1v) is 8.10. The fourth-order valence-corrected chi connectivity index (χ4v) is 3.37. The van der Waals surface area contributed by atoms with E-state index in [2.05, 4.69) is 11.3 Å². The number of nitrogens with one attached hydrogen (secondary N) is 1. The molecule has 1 aliphatic heterocycles. The predicted octanol–water partition coefficient (Wildman–Crippen LogP) is 1.17. The van der Waals surface area contributed by atoms with Gasteiger partial charge in [0.05, 0.1) is 18.5 Å². The summed E-state index contributed by atoms with van der Waals surface area (Å²) in [6, 6.07) is 0. The Balaban J connectivity index is 1.81. The van der Waals surface area contributed by atoms with Gasteiger partial charge in [0.1, 0.15) is 0 Å². The van der Waals surface area contributed by atoms with Crippen molar-refractivity contribution < 1.29 is 17.9 Å². The average Bonchev–Trinajstić information content (AvgIpc) is 2.71. The van der Waals surface area contributed by atoms with Crippen molar-refractivity contribution in [2.45, 2.75) is 44.0 Å². The Morgan fingerprint density at radius 3 is 2.72 bits per heavy atom. The standard InChI is InChI=1S/C12H21NO4S/c1-2-8-18(14,15)13-9-11-10-16-12(17-11)6-4-3-5-7-12/h2,11,13H,1,3-10H2/t11-/m1/s1. The second-order valence-corrected chi connectivity index (χ2v) is 6.79. The molecule has 1 N–H and O–H groups in total. The van der Waals surface area contributed by atoms with Crippen molar-refractivity contribution in [3.05, 3.63) is 12.7 Å². The molecule has 2 fully saturated rings. The van der Waals surface area contributed by atoms with Gasteiger partial charge in [-0.2, -0.15) is 0 Å². The van der Waals surface area contributed by atoms with Crippen molar-refractivity contribution >= 4 is 10.0 Å². The summed E-state index contributed by atoms with van der Waals surface area (Å²) in [7, 11) is -3.27. The van der Waals surface area contributed by atoms with Crippen LogP contribution in [-0.4, -0.2) is 39.2 Å². The molecule has 0 amide bonds. The predicted molar refractivity (Wildman–Crippen MR) is 68.6 cm³/mol. The van der Waals surface area contributed by atoms with E-state index >= 15 is 0 Å². The maximum absolute atomic E-state index is 11.5. The number of sulfonamides is 1. The van der Waals surface area contributed by atoms with Crippen molar-refractivity contribution in [3.8, 4) is 0 Å². The Morgan fingerprint density at radius 2 is 2.06 bits per heavy atom. The van der Waals surface area contributed by atoms with Crippen LogP contribution in [0, 0.1) is 0 Å². The summed E-state index contributed by atoms with van der Waals surface area (Å²) in [4.78, 5) is 0. The van der Waals surface area contributed by atoms with E-state index in [4.69, 9.17) is 9.47 Å². The summed E-state index contributed by atoms with van der Waals surface area (Å²) in [5.74, 6) is -0.501. The molecule has 0 unspecified atom stereocenters. The molecule has 1 saturated heterocycles. The lowest BCUT2D eigenvalue weighted by atomic mass is 9.94. The van der Waals surface area contributed by atoms with Crippen LogP contribution in [0.2, 0.25) is 0 Å². The quantitative estimate of drug-likeness (QED) is 0.765. The second-order valence-electron chi connectivity index (χ2n) is 4.94. The lowest BCUT2D eigenvalue weighted by Crippen LogP contribution is -2.37. The number of ether oxygens (including phenoxy) is 2. The van der Waals surface area contributed by atoms with Crippen LogP contribution in [0.4, 0.5) is 0 Å². The molecule has 1 heterocycles. The Hall–Kier alpha value is -0.430. The van der Waals surface area contributed by atoms with Crippen molar-refractivity contribution in [2.24, 2.45) is 0 Å². The molecule has 0 bridgehead atoms. The van der Waals surface area contributed by atoms with Gasteiger partial charge in [-0.1, -0.05) is 12.5 Å². The highest BCUT2D eigenvalue weighted by atomic mass is 32.2. The highest BCUT2D eigenvalue weighted by Crippen LogP contribution is 2.37. The first-order valence-electron chi connectivity index (χ1n) is 6.45. The fraction of sp³-hybridized carbons (Fsp3) is 0.833. The third-order valence-corrected chi connectivity index (χ3v) is 4.68. The third-order valence-electron chi connectivity index (χ3n) is 3.40. The van der Waals surface area contributed by atoms with Gasteiger partial charge < -0.3 is 9.47 Å². The van der Waals surface area contributed by atoms with Crippen molar-refractivity contribution in [2.75, 3.05) is 18.9 Å². The third kappa shape index (κ3) is 3.54. The van der Waals surface area contributed by atoms with E-state index in [1.807, 2.05) is 0 Å². The van der Waals surface area contributed by atoms with Gasteiger partial charge in [0.15, 0.2) is 5.79 Å². The zero-order chi connectivity index (χ0) is 13.1. The molecular weight excluding hydrogens is 254 g/mol. The van der Waals surface area contributed by atoms with Gasteiger partial charge in [-0.25, -0.2) is 13.1 Å². The summed E-state index contributed by atoms with van der Waals surface area (Å²) in [6.07, 6.45) is 6.50. The van der Waals surface area contributed by atoms with Gasteiger partial charge in [-0.3, -0.25) is 0 Å². The Morgan fingerprint density at radius 1 is 1.33 bits per heavy atom. The molecule has 2 aliphatic rings. The lowest BCUT2D eigenvalue weighted by molar-refractivity contribution is -0.186. The van der Waals surface area contributed by atoms with Crippen LogP contribution in [0.1, 0.15) is 32.1 Å². The smallest absolute Gasteiger partial charge is 0.215 e. The van der Waals surface area contributed by atoms with E-state index in [0.717, 1.165) is 25.7 Å². The molecule has 104 valence electrons. The number of hydrogen-bond donors (Lipinski definition) is 1. The first-order chi connectivity index (χ1) is 8.55. The number of hydrogen-bond acceptors (Lipinski definition) is 4. The summed E-state index contributed by atoms with van der Waals surface area (Å²) >= 11 is 0. The second kappa shape index (κ2) is 5.69. The molecule has 1 aliphatic carbocycles. The largest absolute Gasteiger partial charge is 0.347 e. The molecule has 2 rings (SSSR count). The van der Waals surface area contributed by atoms with E-state index < -0.39 is 15.8 Å². The van der Waals surface area contributed by atoms with Crippen LogP contribution in [0.25, 0.3) is 0 Å². The first kappa shape index (κ1) is 14.0. The Labute approximate surface area is 109 Å². The molecule has 0 radical (unpaired) electrons. The fourth-order valence-electron chi connectivity index (χ4n) is 2.50. The summed E-state index contributed by atoms with van der Waals surface area (Å²) in [6.45, 7) is 4.16. The van der Waals surface area contributed by atoms with Gasteiger partial charge in [0.2, 0.25) is 10.0 Å². The van der Waals surface area contributed by atoms with Gasteiger partial charge in [0, 0.05) is 19.4 Å². The zero-order valence-corrected chi connectivity index (χ0v) is 11.4. The molecule has 0 aromatic heterocycles. The van der Waals surface area contributed by atoms with E-state index in [1.54, 1.807) is 0 Å². The molecule has 1 atom stereocenters. The minimum absolute atomic E-state index is 0.0638. The molecule has 1 spiro atoms. The minimum Gasteiger partial charge on any atom is -0.347 e. The van der Waals surface area contributed by atoms with Gasteiger partial charge in [-0.15, -0.1) is 6.58 Å². The molecular formula is C12H21NO4S. The maximum Gasteiger partial charge on any atom is 0.215 e. The van der Waals surface area contributed by atoms with E-state index in [9.17, 15) is 8.42 Å². The van der Waals surface area contributed by atoms with E-state index in [0.29, 0.717) is 6.61 Å². The van der Waals surface area contributed by atoms with Crippen LogP contribution in [-0.2, 0) is 19.5 Å².